The molecule has 23 heavy (non-hydrogen) atoms. The number of hydrogen-bond donors (Lipinski definition) is 2. The van der Waals surface area contributed by atoms with Gasteiger partial charge in [0.15, 0.2) is 0 Å². The van der Waals surface area contributed by atoms with Gasteiger partial charge >= 0.3 is 5.97 Å². The predicted molar refractivity (Wildman–Crippen MR) is 94.6 cm³/mol. The van der Waals surface area contributed by atoms with Crippen LogP contribution in [0.25, 0.3) is 0 Å². The fourth-order valence-corrected chi connectivity index (χ4v) is 2.60. The number of hydrogen-bond acceptors (Lipinski definition) is 3. The first-order valence-electron chi connectivity index (χ1n) is 9.31. The van der Waals surface area contributed by atoms with E-state index in [-0.39, 0.29) is 12.3 Å². The van der Waals surface area contributed by atoms with Crippen molar-refractivity contribution < 1.29 is 14.7 Å². The lowest BCUT2D eigenvalue weighted by Crippen LogP contribution is -2.29. The van der Waals surface area contributed by atoms with Gasteiger partial charge in [-0.05, 0) is 38.9 Å². The number of unbranched alkanes of at least 4 members (excludes halogenated alkanes) is 6. The van der Waals surface area contributed by atoms with Crippen LogP contribution in [0.3, 0.4) is 0 Å². The van der Waals surface area contributed by atoms with Crippen molar-refractivity contribution in [1.29, 1.82) is 0 Å². The Morgan fingerprint density at radius 2 is 1.35 bits per heavy atom. The maximum absolute atomic E-state index is 11.7. The molecule has 0 saturated heterocycles. The van der Waals surface area contributed by atoms with Crippen LogP contribution in [0.2, 0.25) is 0 Å². The largest absolute Gasteiger partial charge is 0.481 e. The number of carbonyl (C=O) groups is 2. The number of carboxylic acid groups (broad SMARTS) is 1. The monoisotopic (exact) mass is 328 g/mol. The summed E-state index contributed by atoms with van der Waals surface area (Å²) in [5.41, 5.74) is 0. The van der Waals surface area contributed by atoms with E-state index in [4.69, 9.17) is 5.11 Å². The van der Waals surface area contributed by atoms with Crippen LogP contribution in [0.5, 0.6) is 0 Å². The molecule has 0 aromatic heterocycles. The Balaban J connectivity index is 3.29. The van der Waals surface area contributed by atoms with E-state index >= 15 is 0 Å². The molecule has 0 aliphatic carbocycles. The maximum atomic E-state index is 11.7. The van der Waals surface area contributed by atoms with E-state index in [1.54, 1.807) is 0 Å². The average Bonchev–Trinajstić information content (AvgIpc) is 2.53. The second-order valence-corrected chi connectivity index (χ2v) is 6.10. The zero-order valence-corrected chi connectivity index (χ0v) is 15.1. The van der Waals surface area contributed by atoms with E-state index in [1.165, 1.54) is 0 Å². The molecule has 0 radical (unpaired) electrons. The van der Waals surface area contributed by atoms with Crippen molar-refractivity contribution >= 4 is 11.9 Å². The summed E-state index contributed by atoms with van der Waals surface area (Å²) in [6.45, 7) is 8.29. The summed E-state index contributed by atoms with van der Waals surface area (Å²) < 4.78 is 0. The summed E-state index contributed by atoms with van der Waals surface area (Å²) >= 11 is 0. The summed E-state index contributed by atoms with van der Waals surface area (Å²) in [5.74, 6) is -0.529. The average molecular weight is 328 g/mol. The van der Waals surface area contributed by atoms with Crippen LogP contribution in [-0.4, -0.2) is 48.1 Å². The molecule has 2 N–H and O–H groups in total. The minimum Gasteiger partial charge on any atom is -0.481 e. The quantitative estimate of drug-likeness (QED) is 0.426. The van der Waals surface area contributed by atoms with Gasteiger partial charge in [-0.2, -0.15) is 0 Å². The molecule has 0 unspecified atom stereocenters. The normalized spacial score (nSPS) is 10.9. The van der Waals surface area contributed by atoms with Crippen LogP contribution in [0.4, 0.5) is 0 Å². The number of nitrogens with zero attached hydrogens (tertiary/aromatic N) is 1. The van der Waals surface area contributed by atoms with Crippen LogP contribution in [0.1, 0.15) is 78.1 Å². The third-order valence-electron chi connectivity index (χ3n) is 4.16. The molecule has 0 aliphatic rings. The van der Waals surface area contributed by atoms with E-state index in [1.807, 2.05) is 0 Å². The van der Waals surface area contributed by atoms with Crippen LogP contribution < -0.4 is 5.32 Å². The van der Waals surface area contributed by atoms with Crippen LogP contribution in [0.15, 0.2) is 0 Å². The third-order valence-corrected chi connectivity index (χ3v) is 4.16. The first-order chi connectivity index (χ1) is 11.1. The molecular formula is C18H36N2O3. The van der Waals surface area contributed by atoms with Crippen LogP contribution in [-0.2, 0) is 9.59 Å². The minimum absolute atomic E-state index is 0.172. The molecule has 0 aliphatic heterocycles. The number of rotatable bonds is 16. The van der Waals surface area contributed by atoms with Gasteiger partial charge in [0.1, 0.15) is 0 Å². The Morgan fingerprint density at radius 1 is 0.826 bits per heavy atom. The van der Waals surface area contributed by atoms with Gasteiger partial charge in [0.05, 0.1) is 0 Å². The second kappa shape index (κ2) is 15.8. The molecule has 5 nitrogen and oxygen atoms in total. The summed E-state index contributed by atoms with van der Waals surface area (Å²) in [5, 5.41) is 11.5. The van der Waals surface area contributed by atoms with E-state index < -0.39 is 5.97 Å². The highest BCUT2D eigenvalue weighted by molar-refractivity contribution is 5.75. The highest BCUT2D eigenvalue weighted by Crippen LogP contribution is 2.09. The van der Waals surface area contributed by atoms with Crippen LogP contribution >= 0.6 is 0 Å². The summed E-state index contributed by atoms with van der Waals surface area (Å²) in [6, 6.07) is 0. The number of amides is 1. The zero-order valence-electron chi connectivity index (χ0n) is 15.1. The van der Waals surface area contributed by atoms with Crippen molar-refractivity contribution in [2.24, 2.45) is 0 Å². The molecule has 0 aromatic carbocycles. The summed E-state index contributed by atoms with van der Waals surface area (Å²) in [7, 11) is 0. The Kier molecular flexibility index (Phi) is 15.0. The molecule has 0 atom stereocenters. The van der Waals surface area contributed by atoms with Gasteiger partial charge in [-0.15, -0.1) is 0 Å². The Bertz CT molecular complexity index is 305. The topological polar surface area (TPSA) is 69.6 Å². The van der Waals surface area contributed by atoms with Crippen molar-refractivity contribution in [3.63, 3.8) is 0 Å². The maximum Gasteiger partial charge on any atom is 0.303 e. The lowest BCUT2D eigenvalue weighted by Gasteiger charge is -2.17. The Labute approximate surface area is 141 Å². The van der Waals surface area contributed by atoms with Crippen molar-refractivity contribution in [3.05, 3.63) is 0 Å². The van der Waals surface area contributed by atoms with Gasteiger partial charge in [-0.3, -0.25) is 9.59 Å². The fraction of sp³-hybridized carbons (Fsp3) is 0.889. The molecule has 0 rings (SSSR count). The van der Waals surface area contributed by atoms with Gasteiger partial charge in [-0.25, -0.2) is 0 Å². The molecule has 0 heterocycles. The highest BCUT2D eigenvalue weighted by atomic mass is 16.4. The standard InChI is InChI=1S/C18H36N2O3/c1-3-20(4-2)16-12-15-19-17(21)13-10-8-6-5-7-9-11-14-18(22)23/h3-16H2,1-2H3,(H,19,21)(H,22,23). The molecule has 0 spiro atoms. The molecule has 0 bridgehead atoms. The van der Waals surface area contributed by atoms with Gasteiger partial charge in [-0.1, -0.05) is 46.0 Å². The number of carboxylic acids is 1. The van der Waals surface area contributed by atoms with Crippen LogP contribution in [0, 0.1) is 0 Å². The lowest BCUT2D eigenvalue weighted by molar-refractivity contribution is -0.137. The first kappa shape index (κ1) is 21.9. The number of aliphatic carboxylic acids is 1. The lowest BCUT2D eigenvalue weighted by atomic mass is 10.1. The molecule has 1 amide bonds. The number of carbonyl (C=O) groups excluding carboxylic acids is 1. The SMILES string of the molecule is CCN(CC)CCCNC(=O)CCCCCCCCCC(=O)O. The Hall–Kier alpha value is -1.10. The van der Waals surface area contributed by atoms with Gasteiger partial charge in [0.2, 0.25) is 5.91 Å². The van der Waals surface area contributed by atoms with Gasteiger partial charge < -0.3 is 15.3 Å². The molecular weight excluding hydrogens is 292 g/mol. The minimum atomic E-state index is -0.701. The van der Waals surface area contributed by atoms with E-state index in [2.05, 4.69) is 24.1 Å². The Morgan fingerprint density at radius 3 is 1.87 bits per heavy atom. The molecule has 5 heteroatoms. The van der Waals surface area contributed by atoms with Crippen molar-refractivity contribution in [3.8, 4) is 0 Å². The second-order valence-electron chi connectivity index (χ2n) is 6.10. The fourth-order valence-electron chi connectivity index (χ4n) is 2.60. The predicted octanol–water partition coefficient (Wildman–Crippen LogP) is 3.43. The van der Waals surface area contributed by atoms with Crippen molar-refractivity contribution in [2.45, 2.75) is 78.1 Å². The third kappa shape index (κ3) is 15.6. The van der Waals surface area contributed by atoms with E-state index in [9.17, 15) is 9.59 Å². The van der Waals surface area contributed by atoms with Crippen molar-refractivity contribution in [2.75, 3.05) is 26.2 Å². The van der Waals surface area contributed by atoms with E-state index in [0.717, 1.165) is 77.5 Å². The van der Waals surface area contributed by atoms with Crippen molar-refractivity contribution in [1.82, 2.24) is 10.2 Å². The van der Waals surface area contributed by atoms with Gasteiger partial charge in [0, 0.05) is 19.4 Å². The molecule has 0 fully saturated rings. The smallest absolute Gasteiger partial charge is 0.303 e. The summed E-state index contributed by atoms with van der Waals surface area (Å²) in [4.78, 5) is 24.4. The summed E-state index contributed by atoms with van der Waals surface area (Å²) in [6.07, 6.45) is 9.15. The highest BCUT2D eigenvalue weighted by Gasteiger charge is 2.02. The van der Waals surface area contributed by atoms with E-state index in [0.29, 0.717) is 6.42 Å². The van der Waals surface area contributed by atoms with Gasteiger partial charge in [0.25, 0.3) is 0 Å². The number of nitrogens with one attached hydrogen (secondary N) is 1. The molecule has 136 valence electrons. The molecule has 0 aromatic rings. The first-order valence-corrected chi connectivity index (χ1v) is 9.31. The zero-order chi connectivity index (χ0) is 17.3. The molecule has 0 saturated carbocycles.